The van der Waals surface area contributed by atoms with Crippen LogP contribution < -0.4 is 4.90 Å². The SMILES string of the molecule is CCC1CCCN(c2ncccc2CCl)C1. The Balaban J connectivity index is 2.16. The number of alkyl halides is 1. The number of halogens is 1. The molecule has 2 rings (SSSR count). The van der Waals surface area contributed by atoms with E-state index in [0.29, 0.717) is 5.88 Å². The van der Waals surface area contributed by atoms with Gasteiger partial charge in [-0.25, -0.2) is 4.98 Å². The summed E-state index contributed by atoms with van der Waals surface area (Å²) >= 11 is 5.95. The van der Waals surface area contributed by atoms with Crippen molar-refractivity contribution in [3.05, 3.63) is 23.9 Å². The minimum atomic E-state index is 0.552. The lowest BCUT2D eigenvalue weighted by Gasteiger charge is -2.34. The molecule has 1 aliphatic rings. The van der Waals surface area contributed by atoms with E-state index in [1.54, 1.807) is 0 Å². The molecule has 1 saturated heterocycles. The van der Waals surface area contributed by atoms with Crippen molar-refractivity contribution in [1.29, 1.82) is 0 Å². The number of piperidine rings is 1. The monoisotopic (exact) mass is 238 g/mol. The summed E-state index contributed by atoms with van der Waals surface area (Å²) in [5, 5.41) is 0. The normalized spacial score (nSPS) is 21.1. The Labute approximate surface area is 103 Å². The number of aromatic nitrogens is 1. The first-order chi connectivity index (χ1) is 7.85. The van der Waals surface area contributed by atoms with Crippen molar-refractivity contribution in [1.82, 2.24) is 4.98 Å². The van der Waals surface area contributed by atoms with Gasteiger partial charge in [-0.3, -0.25) is 0 Å². The van der Waals surface area contributed by atoms with Gasteiger partial charge in [-0.15, -0.1) is 11.6 Å². The number of pyridine rings is 1. The zero-order valence-corrected chi connectivity index (χ0v) is 10.6. The molecule has 0 aromatic carbocycles. The molecule has 1 aliphatic heterocycles. The van der Waals surface area contributed by atoms with Gasteiger partial charge in [-0.05, 0) is 24.8 Å². The highest BCUT2D eigenvalue weighted by molar-refractivity contribution is 6.17. The number of nitrogens with zero attached hydrogens (tertiary/aromatic N) is 2. The second-order valence-electron chi connectivity index (χ2n) is 4.48. The summed E-state index contributed by atoms with van der Waals surface area (Å²) < 4.78 is 0. The molecule has 1 unspecified atom stereocenters. The third-order valence-electron chi connectivity index (χ3n) is 3.41. The van der Waals surface area contributed by atoms with E-state index in [2.05, 4.69) is 22.9 Å². The predicted molar refractivity (Wildman–Crippen MR) is 69.0 cm³/mol. The Kier molecular flexibility index (Phi) is 4.05. The quantitative estimate of drug-likeness (QED) is 0.750. The summed E-state index contributed by atoms with van der Waals surface area (Å²) in [5.41, 5.74) is 1.15. The lowest BCUT2D eigenvalue weighted by molar-refractivity contribution is 0.402. The lowest BCUT2D eigenvalue weighted by Crippen LogP contribution is -2.36. The van der Waals surface area contributed by atoms with Crippen LogP contribution in [0.15, 0.2) is 18.3 Å². The molecular formula is C13H19ClN2. The van der Waals surface area contributed by atoms with E-state index in [4.69, 9.17) is 11.6 Å². The Morgan fingerprint density at radius 2 is 2.44 bits per heavy atom. The fourth-order valence-corrected chi connectivity index (χ4v) is 2.62. The standard InChI is InChI=1S/C13H19ClN2/c1-2-11-5-4-8-16(10-11)13-12(9-14)6-3-7-15-13/h3,6-7,11H,2,4-5,8-10H2,1H3. The van der Waals surface area contributed by atoms with Gasteiger partial charge in [-0.2, -0.15) is 0 Å². The smallest absolute Gasteiger partial charge is 0.132 e. The maximum absolute atomic E-state index is 5.95. The van der Waals surface area contributed by atoms with Gasteiger partial charge in [-0.1, -0.05) is 19.4 Å². The molecule has 0 bridgehead atoms. The largest absolute Gasteiger partial charge is 0.356 e. The molecular weight excluding hydrogens is 220 g/mol. The molecule has 1 aromatic heterocycles. The number of hydrogen-bond donors (Lipinski definition) is 0. The highest BCUT2D eigenvalue weighted by Gasteiger charge is 2.20. The highest BCUT2D eigenvalue weighted by Crippen LogP contribution is 2.26. The molecule has 1 aromatic rings. The summed E-state index contributed by atoms with van der Waals surface area (Å²) in [6, 6.07) is 4.04. The van der Waals surface area contributed by atoms with Crippen LogP contribution in [0.5, 0.6) is 0 Å². The van der Waals surface area contributed by atoms with Crippen LogP contribution in [0, 0.1) is 5.92 Å². The van der Waals surface area contributed by atoms with Crippen LogP contribution in [-0.4, -0.2) is 18.1 Å². The van der Waals surface area contributed by atoms with E-state index < -0.39 is 0 Å². The second kappa shape index (κ2) is 5.53. The summed E-state index contributed by atoms with van der Waals surface area (Å²) in [6.07, 6.45) is 5.76. The first-order valence-corrected chi connectivity index (χ1v) is 6.63. The Morgan fingerprint density at radius 1 is 1.56 bits per heavy atom. The molecule has 0 spiro atoms. The van der Waals surface area contributed by atoms with Crippen LogP contribution in [0.1, 0.15) is 31.7 Å². The van der Waals surface area contributed by atoms with E-state index in [1.807, 2.05) is 12.3 Å². The molecule has 0 N–H and O–H groups in total. The first kappa shape index (κ1) is 11.7. The average Bonchev–Trinajstić information content (AvgIpc) is 2.38. The summed E-state index contributed by atoms with van der Waals surface area (Å²) in [4.78, 5) is 6.88. The van der Waals surface area contributed by atoms with Gasteiger partial charge < -0.3 is 4.90 Å². The maximum atomic E-state index is 5.95. The van der Waals surface area contributed by atoms with Crippen molar-refractivity contribution in [2.24, 2.45) is 5.92 Å². The van der Waals surface area contributed by atoms with Gasteiger partial charge >= 0.3 is 0 Å². The van der Waals surface area contributed by atoms with Gasteiger partial charge in [0, 0.05) is 24.8 Å². The summed E-state index contributed by atoms with van der Waals surface area (Å²) in [5.74, 6) is 2.46. The fourth-order valence-electron chi connectivity index (χ4n) is 2.41. The van der Waals surface area contributed by atoms with Crippen LogP contribution in [0.3, 0.4) is 0 Å². The molecule has 3 heteroatoms. The van der Waals surface area contributed by atoms with E-state index in [1.165, 1.54) is 19.3 Å². The molecule has 1 atom stereocenters. The second-order valence-corrected chi connectivity index (χ2v) is 4.75. The van der Waals surface area contributed by atoms with Gasteiger partial charge in [0.25, 0.3) is 0 Å². The van der Waals surface area contributed by atoms with Crippen LogP contribution in [0.25, 0.3) is 0 Å². The van der Waals surface area contributed by atoms with Crippen molar-refractivity contribution in [3.63, 3.8) is 0 Å². The number of hydrogen-bond acceptors (Lipinski definition) is 2. The Morgan fingerprint density at radius 3 is 3.19 bits per heavy atom. The number of anilines is 1. The molecule has 16 heavy (non-hydrogen) atoms. The van der Waals surface area contributed by atoms with Crippen LogP contribution in [-0.2, 0) is 5.88 Å². The molecule has 2 heterocycles. The van der Waals surface area contributed by atoms with Crippen molar-refractivity contribution in [3.8, 4) is 0 Å². The maximum Gasteiger partial charge on any atom is 0.132 e. The summed E-state index contributed by atoms with van der Waals surface area (Å²) in [7, 11) is 0. The average molecular weight is 239 g/mol. The van der Waals surface area contributed by atoms with Crippen molar-refractivity contribution < 1.29 is 0 Å². The third-order valence-corrected chi connectivity index (χ3v) is 3.70. The minimum Gasteiger partial charge on any atom is -0.356 e. The lowest BCUT2D eigenvalue weighted by atomic mass is 9.95. The van der Waals surface area contributed by atoms with Crippen LogP contribution in [0.4, 0.5) is 5.82 Å². The minimum absolute atomic E-state index is 0.552. The Bertz CT molecular complexity index is 340. The molecule has 2 nitrogen and oxygen atoms in total. The fraction of sp³-hybridized carbons (Fsp3) is 0.615. The van der Waals surface area contributed by atoms with Crippen molar-refractivity contribution in [2.45, 2.75) is 32.1 Å². The molecule has 0 amide bonds. The molecule has 1 fully saturated rings. The van der Waals surface area contributed by atoms with E-state index in [-0.39, 0.29) is 0 Å². The third kappa shape index (κ3) is 2.49. The molecule has 0 aliphatic carbocycles. The van der Waals surface area contributed by atoms with Gasteiger partial charge in [0.2, 0.25) is 0 Å². The zero-order valence-electron chi connectivity index (χ0n) is 9.82. The van der Waals surface area contributed by atoms with E-state index in [0.717, 1.165) is 30.4 Å². The van der Waals surface area contributed by atoms with Gasteiger partial charge in [0.1, 0.15) is 5.82 Å². The van der Waals surface area contributed by atoms with Gasteiger partial charge in [0.05, 0.1) is 5.88 Å². The Hall–Kier alpha value is -0.760. The topological polar surface area (TPSA) is 16.1 Å². The molecule has 0 saturated carbocycles. The van der Waals surface area contributed by atoms with Crippen molar-refractivity contribution in [2.75, 3.05) is 18.0 Å². The first-order valence-electron chi connectivity index (χ1n) is 6.10. The predicted octanol–water partition coefficient (Wildman–Crippen LogP) is 3.45. The van der Waals surface area contributed by atoms with Crippen molar-refractivity contribution >= 4 is 17.4 Å². The zero-order chi connectivity index (χ0) is 11.4. The van der Waals surface area contributed by atoms with Crippen LogP contribution in [0.2, 0.25) is 0 Å². The molecule has 0 radical (unpaired) electrons. The van der Waals surface area contributed by atoms with Crippen LogP contribution >= 0.6 is 11.6 Å². The van der Waals surface area contributed by atoms with E-state index >= 15 is 0 Å². The summed E-state index contributed by atoms with van der Waals surface area (Å²) in [6.45, 7) is 4.53. The highest BCUT2D eigenvalue weighted by atomic mass is 35.5. The van der Waals surface area contributed by atoms with Gasteiger partial charge in [0.15, 0.2) is 0 Å². The molecule has 88 valence electrons. The van der Waals surface area contributed by atoms with E-state index in [9.17, 15) is 0 Å². The number of rotatable bonds is 3.